The lowest BCUT2D eigenvalue weighted by molar-refractivity contribution is -0.136. The molecule has 5 nitrogen and oxygen atoms in total. The first kappa shape index (κ1) is 14.2. The fraction of sp³-hybridized carbons (Fsp3) is 0.0714. The second kappa shape index (κ2) is 6.78. The van der Waals surface area contributed by atoms with Gasteiger partial charge < -0.3 is 14.2 Å². The molecule has 0 saturated carbocycles. The number of carbonyl (C=O) groups is 1. The van der Waals surface area contributed by atoms with Crippen LogP contribution in [0.2, 0.25) is 0 Å². The van der Waals surface area contributed by atoms with Crippen LogP contribution in [0.4, 0.5) is 0 Å². The van der Waals surface area contributed by atoms with E-state index in [0.29, 0.717) is 17.1 Å². The molecule has 0 saturated heterocycles. The van der Waals surface area contributed by atoms with E-state index in [2.05, 4.69) is 0 Å². The predicted octanol–water partition coefficient (Wildman–Crippen LogP) is 3.58. The number of carboxylic acid groups (broad SMARTS) is 1. The topological polar surface area (TPSA) is 79.6 Å². The van der Waals surface area contributed by atoms with Crippen LogP contribution in [-0.2, 0) is 11.2 Å². The van der Waals surface area contributed by atoms with Crippen LogP contribution in [0.25, 0.3) is 0 Å². The van der Waals surface area contributed by atoms with Crippen LogP contribution in [-0.4, -0.2) is 11.1 Å². The molecule has 2 N–H and O–H groups in total. The molecule has 0 spiro atoms. The van der Waals surface area contributed by atoms with Crippen molar-refractivity contribution in [1.29, 1.82) is 5.16 Å². The standard InChI is InChI=1S/C14H14NO4P/c15-20(18-12-4-2-1-3-5-12)19-13-8-6-11(7-9-13)10-14(16)17/h1-9,15,20H,10H2,(H,16,17). The van der Waals surface area contributed by atoms with Crippen LogP contribution < -0.4 is 9.05 Å². The number of hydrogen-bond donors (Lipinski definition) is 2. The van der Waals surface area contributed by atoms with Crippen molar-refractivity contribution in [3.8, 4) is 11.5 Å². The summed E-state index contributed by atoms with van der Waals surface area (Å²) >= 11 is 0. The lowest BCUT2D eigenvalue weighted by Crippen LogP contribution is -1.99. The van der Waals surface area contributed by atoms with E-state index in [-0.39, 0.29) is 6.42 Å². The highest BCUT2D eigenvalue weighted by Gasteiger charge is 2.03. The number of nitrogens with one attached hydrogen (secondary N) is 1. The quantitative estimate of drug-likeness (QED) is 0.797. The van der Waals surface area contributed by atoms with Gasteiger partial charge in [-0.3, -0.25) is 9.96 Å². The lowest BCUT2D eigenvalue weighted by atomic mass is 10.1. The monoisotopic (exact) mass is 291 g/mol. The van der Waals surface area contributed by atoms with Crippen molar-refractivity contribution < 1.29 is 18.9 Å². The molecule has 1 unspecified atom stereocenters. The van der Waals surface area contributed by atoms with Gasteiger partial charge in [0, 0.05) is 0 Å². The van der Waals surface area contributed by atoms with Crippen LogP contribution in [0, 0.1) is 5.16 Å². The number of rotatable bonds is 6. The van der Waals surface area contributed by atoms with Crippen LogP contribution in [0.5, 0.6) is 11.5 Å². The minimum atomic E-state index is -2.20. The van der Waals surface area contributed by atoms with Gasteiger partial charge in [-0.2, -0.15) is 0 Å². The Kier molecular flexibility index (Phi) is 4.80. The fourth-order valence-electron chi connectivity index (χ4n) is 1.57. The van der Waals surface area contributed by atoms with Crippen molar-refractivity contribution in [1.82, 2.24) is 0 Å². The van der Waals surface area contributed by atoms with Crippen molar-refractivity contribution in [3.63, 3.8) is 0 Å². The van der Waals surface area contributed by atoms with E-state index >= 15 is 0 Å². The minimum Gasteiger partial charge on any atom is -0.481 e. The Morgan fingerprint density at radius 1 is 1.00 bits per heavy atom. The van der Waals surface area contributed by atoms with Gasteiger partial charge >= 0.3 is 5.97 Å². The van der Waals surface area contributed by atoms with E-state index in [0.717, 1.165) is 0 Å². The number of carboxylic acids is 1. The number of benzene rings is 2. The molecule has 0 aliphatic carbocycles. The molecule has 104 valence electrons. The molecule has 1 atom stereocenters. The maximum absolute atomic E-state index is 10.6. The van der Waals surface area contributed by atoms with Gasteiger partial charge in [-0.25, -0.2) is 0 Å². The second-order valence-electron chi connectivity index (χ2n) is 4.02. The van der Waals surface area contributed by atoms with Crippen molar-refractivity contribution in [2.45, 2.75) is 6.42 Å². The van der Waals surface area contributed by atoms with Gasteiger partial charge in [0.25, 0.3) is 8.17 Å². The molecular weight excluding hydrogens is 277 g/mol. The summed E-state index contributed by atoms with van der Waals surface area (Å²) in [5.41, 5.74) is 0.688. The SMILES string of the molecule is N=[PH](Oc1ccccc1)Oc1ccc(CC(=O)O)cc1. The maximum Gasteiger partial charge on any atom is 0.307 e. The largest absolute Gasteiger partial charge is 0.481 e. The normalized spacial score (nSPS) is 11.6. The molecular formula is C14H14NO4P. The van der Waals surface area contributed by atoms with Gasteiger partial charge in [0.05, 0.1) is 6.42 Å². The molecule has 0 aromatic heterocycles. The van der Waals surface area contributed by atoms with Gasteiger partial charge in [-0.05, 0) is 29.8 Å². The molecule has 0 aliphatic rings. The summed E-state index contributed by atoms with van der Waals surface area (Å²) in [6.07, 6.45) is -0.0283. The number of aliphatic carboxylic acids is 1. The highest BCUT2D eigenvalue weighted by atomic mass is 31.1. The molecule has 2 aromatic rings. The average Bonchev–Trinajstić information content (AvgIpc) is 2.41. The summed E-state index contributed by atoms with van der Waals surface area (Å²) in [6, 6.07) is 15.7. The fourth-order valence-corrected chi connectivity index (χ4v) is 2.32. The predicted molar refractivity (Wildman–Crippen MR) is 76.5 cm³/mol. The number of hydrogen-bond acceptors (Lipinski definition) is 4. The third-order valence-electron chi connectivity index (χ3n) is 2.44. The van der Waals surface area contributed by atoms with Crippen molar-refractivity contribution in [2.75, 3.05) is 0 Å². The minimum absolute atomic E-state index is 0.0283. The van der Waals surface area contributed by atoms with Crippen molar-refractivity contribution in [2.24, 2.45) is 0 Å². The molecule has 2 aromatic carbocycles. The van der Waals surface area contributed by atoms with Gasteiger partial charge in [0.2, 0.25) is 0 Å². The van der Waals surface area contributed by atoms with Gasteiger partial charge in [-0.1, -0.05) is 30.3 Å². The first-order chi connectivity index (χ1) is 9.63. The highest BCUT2D eigenvalue weighted by molar-refractivity contribution is 7.35. The van der Waals surface area contributed by atoms with Crippen LogP contribution in [0.3, 0.4) is 0 Å². The zero-order valence-corrected chi connectivity index (χ0v) is 11.6. The third-order valence-corrected chi connectivity index (χ3v) is 3.29. The summed E-state index contributed by atoms with van der Waals surface area (Å²) in [4.78, 5) is 10.6. The zero-order valence-electron chi connectivity index (χ0n) is 10.6. The van der Waals surface area contributed by atoms with E-state index in [1.54, 1.807) is 36.4 Å². The smallest absolute Gasteiger partial charge is 0.307 e. The summed E-state index contributed by atoms with van der Waals surface area (Å²) in [7, 11) is -2.20. The summed E-state index contributed by atoms with van der Waals surface area (Å²) in [5, 5.41) is 16.4. The molecule has 0 radical (unpaired) electrons. The molecule has 6 heteroatoms. The Morgan fingerprint density at radius 2 is 1.55 bits per heavy atom. The molecule has 0 aliphatic heterocycles. The Balaban J connectivity index is 1.93. The second-order valence-corrected chi connectivity index (χ2v) is 5.00. The third kappa shape index (κ3) is 4.44. The maximum atomic E-state index is 10.6. The Morgan fingerprint density at radius 3 is 2.10 bits per heavy atom. The zero-order chi connectivity index (χ0) is 14.4. The summed E-state index contributed by atoms with van der Waals surface area (Å²) in [6.45, 7) is 0. The Labute approximate surface area is 117 Å². The summed E-state index contributed by atoms with van der Waals surface area (Å²) in [5.74, 6) is 0.217. The van der Waals surface area contributed by atoms with Crippen LogP contribution in [0.1, 0.15) is 5.56 Å². The van der Waals surface area contributed by atoms with Crippen LogP contribution >= 0.6 is 8.17 Å². The highest BCUT2D eigenvalue weighted by Crippen LogP contribution is 2.30. The number of para-hydroxylation sites is 1. The molecule has 0 fully saturated rings. The molecule has 0 heterocycles. The van der Waals surface area contributed by atoms with Gasteiger partial charge in [-0.15, -0.1) is 0 Å². The first-order valence-electron chi connectivity index (χ1n) is 5.93. The van der Waals surface area contributed by atoms with Crippen molar-refractivity contribution in [3.05, 3.63) is 60.2 Å². The molecule has 2 rings (SSSR count). The molecule has 0 bridgehead atoms. The van der Waals surface area contributed by atoms with Crippen LogP contribution in [0.15, 0.2) is 54.6 Å². The van der Waals surface area contributed by atoms with E-state index in [1.165, 1.54) is 0 Å². The van der Waals surface area contributed by atoms with E-state index in [4.69, 9.17) is 19.3 Å². The molecule has 20 heavy (non-hydrogen) atoms. The summed E-state index contributed by atoms with van der Waals surface area (Å²) < 4.78 is 10.7. The van der Waals surface area contributed by atoms with E-state index in [9.17, 15) is 4.79 Å². The van der Waals surface area contributed by atoms with E-state index < -0.39 is 14.1 Å². The lowest BCUT2D eigenvalue weighted by Gasteiger charge is -2.10. The van der Waals surface area contributed by atoms with Gasteiger partial charge in [0.15, 0.2) is 0 Å². The Hall–Kier alpha value is -2.26. The average molecular weight is 291 g/mol. The molecule has 0 amide bonds. The first-order valence-corrected chi connectivity index (χ1v) is 7.25. The van der Waals surface area contributed by atoms with Gasteiger partial charge in [0.1, 0.15) is 11.5 Å². The van der Waals surface area contributed by atoms with Crippen molar-refractivity contribution >= 4 is 14.1 Å². The van der Waals surface area contributed by atoms with E-state index in [1.807, 2.05) is 18.2 Å². The Bertz CT molecular complexity index is 598.